The summed E-state index contributed by atoms with van der Waals surface area (Å²) in [5, 5.41) is 38.7. The van der Waals surface area contributed by atoms with Crippen LogP contribution < -0.4 is 0 Å². The van der Waals surface area contributed by atoms with Crippen molar-refractivity contribution in [1.82, 2.24) is 18.7 Å². The molecule has 0 saturated heterocycles. The monoisotopic (exact) mass is 1020 g/mol. The summed E-state index contributed by atoms with van der Waals surface area (Å²) in [5.74, 6) is 0. The molecule has 0 spiro atoms. The smallest absolute Gasteiger partial charge is 0.104 e. The number of hydrogen-bond acceptors (Lipinski definition) is 6. The fourth-order valence-corrected chi connectivity index (χ4v) is 16.6. The van der Waals surface area contributed by atoms with Gasteiger partial charge in [-0.05, 0) is 60.7 Å². The van der Waals surface area contributed by atoms with E-state index in [1.165, 1.54) is 60.5 Å². The Morgan fingerprint density at radius 2 is 0.711 bits per heavy atom. The van der Waals surface area contributed by atoms with Crippen LogP contribution in [-0.4, -0.2) is 18.7 Å². The molecule has 350 valence electrons. The SMILES string of the molecule is N#Cc1c(-c2cccnc2)c(-n2c3ccccc3c3c4sc5ccccc5c4ccc32)c(-n2c3ccccc3c3c4sc5ccccc5c4ccc32)c(C#N)c1-n1c2ccccc2c2c3sc4ccccc4c3ccc21. The van der Waals surface area contributed by atoms with Crippen molar-refractivity contribution in [3.63, 3.8) is 0 Å². The van der Waals surface area contributed by atoms with Crippen LogP contribution in [0.2, 0.25) is 0 Å². The van der Waals surface area contributed by atoms with Gasteiger partial charge in [0, 0.05) is 116 Å². The van der Waals surface area contributed by atoms with Gasteiger partial charge in [0.2, 0.25) is 0 Å². The molecule has 0 aliphatic carbocycles. The molecule has 7 aromatic heterocycles. The highest BCUT2D eigenvalue weighted by Gasteiger charge is 2.34. The first-order valence-corrected chi connectivity index (χ1v) is 27.6. The van der Waals surface area contributed by atoms with Gasteiger partial charge in [-0.3, -0.25) is 4.98 Å². The number of benzene rings is 10. The second-order valence-corrected chi connectivity index (χ2v) is 22.7. The number of nitriles is 2. The fourth-order valence-electron chi connectivity index (χ4n) is 12.8. The van der Waals surface area contributed by atoms with E-state index in [9.17, 15) is 10.5 Å². The van der Waals surface area contributed by atoms with Gasteiger partial charge < -0.3 is 13.7 Å². The third-order valence-electron chi connectivity index (χ3n) is 15.8. The molecule has 7 heterocycles. The minimum absolute atomic E-state index is 0.379. The fraction of sp³-hybridized carbons (Fsp3) is 0. The van der Waals surface area contributed by atoms with Crippen LogP contribution in [0, 0.1) is 22.7 Å². The standard InChI is InChI=1S/C67H34N6S3/c68-34-47-58(37-14-13-33-70-36-37)64(73-51-23-9-3-20-46(51)61-54(73)32-29-43-40-17-6-12-26-57(40)76-67(43)61)63(72-50-22-8-2-19-45(50)60-53(72)31-28-42-39-16-5-11-25-56(39)75-66(42)60)48(35-69)62(47)71-49-21-7-1-18-44(49)59-52(71)30-27-41-38-15-4-10-24-55(38)74-65(41)59/h1-33,36H. The first-order chi connectivity index (χ1) is 37.7. The number of fused-ring (bicyclic) bond motifs is 21. The average molecular weight is 1020 g/mol. The Balaban J connectivity index is 1.14. The van der Waals surface area contributed by atoms with Gasteiger partial charge in [0.05, 0.1) is 55.7 Å². The van der Waals surface area contributed by atoms with Crippen LogP contribution in [0.5, 0.6) is 0 Å². The van der Waals surface area contributed by atoms with Crippen molar-refractivity contribution in [2.24, 2.45) is 0 Å². The van der Waals surface area contributed by atoms with E-state index in [2.05, 4.69) is 214 Å². The minimum atomic E-state index is 0.379. The van der Waals surface area contributed by atoms with Crippen molar-refractivity contribution < 1.29 is 0 Å². The number of pyridine rings is 1. The van der Waals surface area contributed by atoms with E-state index in [4.69, 9.17) is 4.98 Å². The third-order valence-corrected chi connectivity index (χ3v) is 19.4. The van der Waals surface area contributed by atoms with E-state index in [-0.39, 0.29) is 0 Å². The summed E-state index contributed by atoms with van der Waals surface area (Å²) in [7, 11) is 0. The van der Waals surface area contributed by atoms with Gasteiger partial charge >= 0.3 is 0 Å². The van der Waals surface area contributed by atoms with Crippen LogP contribution in [0.4, 0.5) is 0 Å². The summed E-state index contributed by atoms with van der Waals surface area (Å²) in [4.78, 5) is 4.79. The molecule has 17 aromatic rings. The Hall–Kier alpha value is -9.61. The van der Waals surface area contributed by atoms with E-state index in [1.807, 2.05) is 34.9 Å². The Bertz CT molecular complexity index is 5510. The molecule has 6 nitrogen and oxygen atoms in total. The molecule has 0 saturated carbocycles. The number of nitrogens with zero attached hydrogens (tertiary/aromatic N) is 6. The average Bonchev–Trinajstić information content (AvgIpc) is 4.34. The van der Waals surface area contributed by atoms with Crippen LogP contribution in [0.15, 0.2) is 207 Å². The number of aromatic nitrogens is 4. The summed E-state index contributed by atoms with van der Waals surface area (Å²) in [5.41, 5.74) is 9.81. The Morgan fingerprint density at radius 3 is 1.12 bits per heavy atom. The Morgan fingerprint density at radius 1 is 0.329 bits per heavy atom. The predicted molar refractivity (Wildman–Crippen MR) is 321 cm³/mol. The van der Waals surface area contributed by atoms with Gasteiger partial charge in [0.15, 0.2) is 0 Å². The van der Waals surface area contributed by atoms with E-state index in [0.29, 0.717) is 28.1 Å². The number of para-hydroxylation sites is 3. The van der Waals surface area contributed by atoms with Crippen molar-refractivity contribution >= 4 is 160 Å². The quantitative estimate of drug-likeness (QED) is 0.176. The zero-order chi connectivity index (χ0) is 49.9. The van der Waals surface area contributed by atoms with E-state index < -0.39 is 0 Å². The second-order valence-electron chi connectivity index (χ2n) is 19.5. The maximum absolute atomic E-state index is 12.6. The summed E-state index contributed by atoms with van der Waals surface area (Å²) in [6.45, 7) is 0. The maximum Gasteiger partial charge on any atom is 0.104 e. The molecule has 0 unspecified atom stereocenters. The molecule has 76 heavy (non-hydrogen) atoms. The number of hydrogen-bond donors (Lipinski definition) is 0. The zero-order valence-corrected chi connectivity index (χ0v) is 42.5. The molecule has 0 N–H and O–H groups in total. The van der Waals surface area contributed by atoms with Crippen LogP contribution in [0.25, 0.3) is 154 Å². The molecular weight excluding hydrogens is 985 g/mol. The Kier molecular flexibility index (Phi) is 8.51. The molecule has 0 aliphatic rings. The lowest BCUT2D eigenvalue weighted by Gasteiger charge is -2.26. The summed E-state index contributed by atoms with van der Waals surface area (Å²) >= 11 is 5.41. The molecule has 9 heteroatoms. The molecule has 0 radical (unpaired) electrons. The molecule has 0 amide bonds. The van der Waals surface area contributed by atoms with Crippen molar-refractivity contribution in [2.75, 3.05) is 0 Å². The van der Waals surface area contributed by atoms with Crippen molar-refractivity contribution in [3.05, 3.63) is 218 Å². The van der Waals surface area contributed by atoms with Crippen LogP contribution >= 0.6 is 34.0 Å². The summed E-state index contributed by atoms with van der Waals surface area (Å²) in [6.07, 6.45) is 3.66. The molecule has 0 bridgehead atoms. The van der Waals surface area contributed by atoms with E-state index in [1.54, 1.807) is 17.5 Å². The van der Waals surface area contributed by atoms with Gasteiger partial charge in [0.25, 0.3) is 0 Å². The molecule has 17 rings (SSSR count). The first-order valence-electron chi connectivity index (χ1n) is 25.1. The molecular formula is C67H34N6S3. The molecule has 0 fully saturated rings. The van der Waals surface area contributed by atoms with E-state index >= 15 is 0 Å². The normalized spacial score (nSPS) is 12.2. The Labute approximate surface area is 444 Å². The minimum Gasteiger partial charge on any atom is -0.306 e. The zero-order valence-electron chi connectivity index (χ0n) is 40.0. The van der Waals surface area contributed by atoms with Crippen molar-refractivity contribution in [3.8, 4) is 40.3 Å². The van der Waals surface area contributed by atoms with Gasteiger partial charge in [0.1, 0.15) is 17.7 Å². The number of rotatable bonds is 4. The lowest BCUT2D eigenvalue weighted by molar-refractivity contribution is 1.06. The first kappa shape index (κ1) is 41.8. The maximum atomic E-state index is 12.6. The van der Waals surface area contributed by atoms with Crippen molar-refractivity contribution in [2.45, 2.75) is 0 Å². The molecule has 10 aromatic carbocycles. The second kappa shape index (κ2) is 15.5. The summed E-state index contributed by atoms with van der Waals surface area (Å²) < 4.78 is 14.1. The predicted octanol–water partition coefficient (Wildman–Crippen LogP) is 18.9. The highest BCUT2D eigenvalue weighted by atomic mass is 32.1. The van der Waals surface area contributed by atoms with Crippen molar-refractivity contribution in [1.29, 1.82) is 10.5 Å². The van der Waals surface area contributed by atoms with Crippen LogP contribution in [0.3, 0.4) is 0 Å². The van der Waals surface area contributed by atoms with Crippen LogP contribution in [-0.2, 0) is 0 Å². The van der Waals surface area contributed by atoms with E-state index in [0.717, 1.165) is 76.7 Å². The lowest BCUT2D eigenvalue weighted by atomic mass is 9.91. The van der Waals surface area contributed by atoms with Gasteiger partial charge in [-0.2, -0.15) is 10.5 Å². The molecule has 0 atom stereocenters. The largest absolute Gasteiger partial charge is 0.306 e. The van der Waals surface area contributed by atoms with Gasteiger partial charge in [-0.15, -0.1) is 34.0 Å². The highest BCUT2D eigenvalue weighted by Crippen LogP contribution is 2.52. The number of thiophene rings is 3. The highest BCUT2D eigenvalue weighted by molar-refractivity contribution is 7.27. The lowest BCUT2D eigenvalue weighted by Crippen LogP contribution is -2.14. The van der Waals surface area contributed by atoms with Gasteiger partial charge in [-0.25, -0.2) is 0 Å². The third kappa shape index (κ3) is 5.38. The molecule has 0 aliphatic heterocycles. The van der Waals surface area contributed by atoms with Crippen LogP contribution in [0.1, 0.15) is 11.1 Å². The van der Waals surface area contributed by atoms with Gasteiger partial charge in [-0.1, -0.05) is 133 Å². The summed E-state index contributed by atoms with van der Waals surface area (Å²) in [6, 6.07) is 74.7. The topological polar surface area (TPSA) is 75.3 Å².